The Morgan fingerprint density at radius 3 is 3.05 bits per heavy atom. The van der Waals surface area contributed by atoms with Gasteiger partial charge in [-0.3, -0.25) is 9.13 Å². The fourth-order valence-corrected chi connectivity index (χ4v) is 2.41. The van der Waals surface area contributed by atoms with Crippen LogP contribution in [0.3, 0.4) is 0 Å². The van der Waals surface area contributed by atoms with Crippen molar-refractivity contribution in [3.8, 4) is 0 Å². The maximum atomic E-state index is 14.1. The molecule has 2 aromatic heterocycles. The highest BCUT2D eigenvalue weighted by molar-refractivity contribution is 7.56. The summed E-state index contributed by atoms with van der Waals surface area (Å²) in [6.45, 7) is 1.14. The van der Waals surface area contributed by atoms with Gasteiger partial charge in [-0.25, -0.2) is 19.3 Å². The topological polar surface area (TPSA) is 125 Å². The highest BCUT2D eigenvalue weighted by atomic mass is 31.2. The molecule has 0 aliphatic carbocycles. The molecule has 0 saturated carbocycles. The molecule has 1 unspecified atom stereocenters. The normalized spacial score (nSPS) is 24.4. The van der Waals surface area contributed by atoms with Crippen molar-refractivity contribution in [2.45, 2.75) is 12.5 Å². The zero-order valence-electron chi connectivity index (χ0n) is 11.5. The van der Waals surface area contributed by atoms with E-state index in [0.717, 1.165) is 12.7 Å². The summed E-state index contributed by atoms with van der Waals surface area (Å²) in [4.78, 5) is 21.0. The monoisotopic (exact) mass is 329 g/mol. The molecule has 1 aliphatic heterocycles. The van der Waals surface area contributed by atoms with Gasteiger partial charge < -0.3 is 20.1 Å². The summed E-state index contributed by atoms with van der Waals surface area (Å²) in [5.41, 5.74) is 6.31. The van der Waals surface area contributed by atoms with Crippen LogP contribution < -0.4 is 5.73 Å². The molecular weight excluding hydrogens is 316 g/mol. The van der Waals surface area contributed by atoms with Crippen LogP contribution in [0.1, 0.15) is 6.23 Å². The average molecular weight is 329 g/mol. The minimum absolute atomic E-state index is 0.172. The van der Waals surface area contributed by atoms with Crippen LogP contribution in [0.2, 0.25) is 0 Å². The molecule has 0 spiro atoms. The number of imidazole rings is 1. The second-order valence-corrected chi connectivity index (χ2v) is 7.20. The molecule has 118 valence electrons. The zero-order valence-corrected chi connectivity index (χ0v) is 12.4. The number of nitrogens with two attached hydrogens (primary N) is 1. The summed E-state index contributed by atoms with van der Waals surface area (Å²) in [5.74, 6) is -0.448. The highest BCUT2D eigenvalue weighted by Crippen LogP contribution is 2.38. The van der Waals surface area contributed by atoms with Gasteiger partial charge in [0.1, 0.15) is 18.2 Å². The molecule has 3 heterocycles. The first-order valence-corrected chi connectivity index (χ1v) is 8.51. The van der Waals surface area contributed by atoms with Crippen LogP contribution >= 0.6 is 7.37 Å². The Balaban J connectivity index is 1.82. The van der Waals surface area contributed by atoms with E-state index in [1.165, 1.54) is 17.2 Å². The second-order valence-electron chi connectivity index (χ2n) is 4.84. The Hall–Kier alpha value is -1.87. The molecular formula is C11H13FN5O4P. The molecule has 0 radical (unpaired) electrons. The fourth-order valence-electron chi connectivity index (χ4n) is 1.98. The van der Waals surface area contributed by atoms with Gasteiger partial charge in [-0.15, -0.1) is 0 Å². The van der Waals surface area contributed by atoms with Gasteiger partial charge >= 0.3 is 0 Å². The lowest BCUT2D eigenvalue weighted by Crippen LogP contribution is -2.16. The third-order valence-electron chi connectivity index (χ3n) is 2.91. The Labute approximate surface area is 124 Å². The molecule has 1 aliphatic rings. The SMILES string of the molecule is CP(=O)(O)CO[C@@H]1C=C(F)[C@H](n2cnc3c(N)ncnc32)O1. The molecule has 0 aromatic carbocycles. The van der Waals surface area contributed by atoms with E-state index in [4.69, 9.17) is 15.2 Å². The van der Waals surface area contributed by atoms with Crippen LogP contribution in [0.25, 0.3) is 11.2 Å². The molecule has 3 rings (SSSR count). The Kier molecular flexibility index (Phi) is 3.69. The predicted molar refractivity (Wildman–Crippen MR) is 74.5 cm³/mol. The molecule has 0 fully saturated rings. The van der Waals surface area contributed by atoms with E-state index in [9.17, 15) is 13.8 Å². The number of nitrogens with zero attached hydrogens (tertiary/aromatic N) is 4. The van der Waals surface area contributed by atoms with Crippen LogP contribution in [0, 0.1) is 0 Å². The first kappa shape index (κ1) is 15.0. The lowest BCUT2D eigenvalue weighted by molar-refractivity contribution is -0.128. The third kappa shape index (κ3) is 2.86. The van der Waals surface area contributed by atoms with Crippen molar-refractivity contribution in [2.24, 2.45) is 0 Å². The van der Waals surface area contributed by atoms with E-state index < -0.39 is 32.1 Å². The largest absolute Gasteiger partial charge is 0.382 e. The number of halogens is 1. The predicted octanol–water partition coefficient (Wildman–Crippen LogP) is 0.991. The highest BCUT2D eigenvalue weighted by Gasteiger charge is 2.32. The maximum Gasteiger partial charge on any atom is 0.222 e. The molecule has 11 heteroatoms. The molecule has 3 atom stereocenters. The summed E-state index contributed by atoms with van der Waals surface area (Å²) >= 11 is 0. The number of hydrogen-bond donors (Lipinski definition) is 2. The number of anilines is 1. The number of fused-ring (bicyclic) bond motifs is 1. The van der Waals surface area contributed by atoms with E-state index in [-0.39, 0.29) is 5.82 Å². The van der Waals surface area contributed by atoms with E-state index in [2.05, 4.69) is 15.0 Å². The van der Waals surface area contributed by atoms with Gasteiger partial charge in [0.15, 0.2) is 29.8 Å². The fraction of sp³-hybridized carbons (Fsp3) is 0.364. The molecule has 3 N–H and O–H groups in total. The van der Waals surface area contributed by atoms with Gasteiger partial charge in [-0.05, 0) is 0 Å². The van der Waals surface area contributed by atoms with Crippen molar-refractivity contribution in [1.82, 2.24) is 19.5 Å². The third-order valence-corrected chi connectivity index (χ3v) is 3.54. The lowest BCUT2D eigenvalue weighted by Gasteiger charge is -2.16. The van der Waals surface area contributed by atoms with Gasteiger partial charge in [0.25, 0.3) is 0 Å². The van der Waals surface area contributed by atoms with Crippen LogP contribution in [-0.4, -0.2) is 43.7 Å². The number of nitrogen functional groups attached to an aromatic ring is 1. The average Bonchev–Trinajstić information content (AvgIpc) is 3.00. The van der Waals surface area contributed by atoms with E-state index >= 15 is 0 Å². The van der Waals surface area contributed by atoms with Crippen molar-refractivity contribution < 1.29 is 23.3 Å². The minimum Gasteiger partial charge on any atom is -0.382 e. The zero-order chi connectivity index (χ0) is 15.9. The summed E-state index contributed by atoms with van der Waals surface area (Å²) in [6, 6.07) is 0. The number of rotatable bonds is 4. The van der Waals surface area contributed by atoms with E-state index in [1.54, 1.807) is 0 Å². The van der Waals surface area contributed by atoms with E-state index in [1.807, 2.05) is 0 Å². The molecule has 0 bridgehead atoms. The van der Waals surface area contributed by atoms with Crippen LogP contribution in [-0.2, 0) is 14.0 Å². The van der Waals surface area contributed by atoms with Gasteiger partial charge in [-0.1, -0.05) is 0 Å². The molecule has 22 heavy (non-hydrogen) atoms. The number of ether oxygens (including phenoxy) is 2. The Bertz CT molecular complexity index is 788. The minimum atomic E-state index is -3.37. The van der Waals surface area contributed by atoms with Crippen LogP contribution in [0.4, 0.5) is 10.2 Å². The lowest BCUT2D eigenvalue weighted by atomic mass is 10.4. The summed E-state index contributed by atoms with van der Waals surface area (Å²) < 4.78 is 37.0. The Morgan fingerprint density at radius 1 is 1.55 bits per heavy atom. The quantitative estimate of drug-likeness (QED) is 0.795. The molecule has 0 amide bonds. The number of hydrogen-bond acceptors (Lipinski definition) is 7. The maximum absolute atomic E-state index is 14.1. The Morgan fingerprint density at radius 2 is 2.32 bits per heavy atom. The number of aromatic nitrogens is 4. The van der Waals surface area contributed by atoms with Crippen molar-refractivity contribution in [1.29, 1.82) is 0 Å². The smallest absolute Gasteiger partial charge is 0.222 e. The summed E-state index contributed by atoms with van der Waals surface area (Å²) in [5, 5.41) is 0. The van der Waals surface area contributed by atoms with Crippen LogP contribution in [0.15, 0.2) is 24.6 Å². The molecule has 0 saturated heterocycles. The van der Waals surface area contributed by atoms with Crippen molar-refractivity contribution in [2.75, 3.05) is 18.7 Å². The van der Waals surface area contributed by atoms with Gasteiger partial charge in [0.2, 0.25) is 7.37 Å². The van der Waals surface area contributed by atoms with Crippen molar-refractivity contribution >= 4 is 24.4 Å². The first-order valence-electron chi connectivity index (χ1n) is 6.22. The van der Waals surface area contributed by atoms with Gasteiger partial charge in [0.05, 0.1) is 6.33 Å². The van der Waals surface area contributed by atoms with Gasteiger partial charge in [0, 0.05) is 12.7 Å². The van der Waals surface area contributed by atoms with Crippen molar-refractivity contribution in [3.05, 3.63) is 24.6 Å². The first-order chi connectivity index (χ1) is 10.3. The van der Waals surface area contributed by atoms with Crippen molar-refractivity contribution in [3.63, 3.8) is 0 Å². The molecule has 9 nitrogen and oxygen atoms in total. The summed E-state index contributed by atoms with van der Waals surface area (Å²) in [6.07, 6.45) is 1.01. The summed E-state index contributed by atoms with van der Waals surface area (Å²) in [7, 11) is -3.37. The second kappa shape index (κ2) is 5.40. The van der Waals surface area contributed by atoms with Crippen LogP contribution in [0.5, 0.6) is 0 Å². The van der Waals surface area contributed by atoms with E-state index in [0.29, 0.717) is 11.2 Å². The standard InChI is InChI=1S/C11H13FN5O4P/c1-22(18,19)5-20-7-2-6(12)11(21-7)17-4-16-8-9(13)14-3-15-10(8)17/h2-4,7,11H,5H2,1H3,(H,18,19)(H2,13,14,15)/t7-,11+/m0/s1. The molecule has 2 aromatic rings. The van der Waals surface area contributed by atoms with Gasteiger partial charge in [-0.2, -0.15) is 0 Å².